The fourth-order valence-corrected chi connectivity index (χ4v) is 2.89. The van der Waals surface area contributed by atoms with Crippen molar-refractivity contribution in [3.8, 4) is 5.75 Å². The zero-order chi connectivity index (χ0) is 15.9. The first kappa shape index (κ1) is 17.1. The number of carboxylic acids is 1. The molecule has 2 rings (SSSR count). The second kappa shape index (κ2) is 8.36. The Kier molecular flexibility index (Phi) is 6.49. The van der Waals surface area contributed by atoms with Gasteiger partial charge >= 0.3 is 5.97 Å². The third-order valence-electron chi connectivity index (χ3n) is 3.77. The largest absolute Gasteiger partial charge is 0.491 e. The lowest BCUT2D eigenvalue weighted by atomic mass is 10.0. The maximum Gasteiger partial charge on any atom is 0.303 e. The minimum absolute atomic E-state index is 0.0403. The van der Waals surface area contributed by atoms with Crippen molar-refractivity contribution < 1.29 is 24.5 Å². The first-order valence-corrected chi connectivity index (χ1v) is 7.82. The summed E-state index contributed by atoms with van der Waals surface area (Å²) in [7, 11) is 0. The number of aliphatic carboxylic acids is 1. The van der Waals surface area contributed by atoms with Crippen LogP contribution in [-0.4, -0.2) is 41.6 Å². The number of hydrogen-bond donors (Lipinski definition) is 2. The molecule has 3 atom stereocenters. The lowest BCUT2D eigenvalue weighted by Gasteiger charge is -2.21. The van der Waals surface area contributed by atoms with Crippen LogP contribution in [0, 0.1) is 5.92 Å². The Morgan fingerprint density at radius 3 is 2.91 bits per heavy atom. The van der Waals surface area contributed by atoms with Gasteiger partial charge in [0.25, 0.3) is 0 Å². The van der Waals surface area contributed by atoms with E-state index in [2.05, 4.69) is 0 Å². The predicted octanol–water partition coefficient (Wildman–Crippen LogP) is 2.74. The van der Waals surface area contributed by atoms with E-state index in [1.54, 1.807) is 24.3 Å². The summed E-state index contributed by atoms with van der Waals surface area (Å²) in [4.78, 5) is 10.8. The van der Waals surface area contributed by atoms with Crippen molar-refractivity contribution in [1.29, 1.82) is 0 Å². The minimum atomic E-state index is -0.801. The van der Waals surface area contributed by atoms with Crippen LogP contribution in [0.5, 0.6) is 5.75 Å². The first-order chi connectivity index (χ1) is 10.5. The van der Waals surface area contributed by atoms with Gasteiger partial charge in [-0.25, -0.2) is 0 Å². The number of ether oxygens (including phenoxy) is 2. The SMILES string of the molecule is O=C(O)C[C@H]1CCC[C@@H]1OCC(O)COc1cccc(Cl)c1. The summed E-state index contributed by atoms with van der Waals surface area (Å²) in [5.41, 5.74) is 0. The molecule has 0 saturated heterocycles. The van der Waals surface area contributed by atoms with Gasteiger partial charge in [-0.3, -0.25) is 4.79 Å². The normalized spacial score (nSPS) is 22.5. The van der Waals surface area contributed by atoms with Gasteiger partial charge < -0.3 is 19.7 Å². The Labute approximate surface area is 134 Å². The maximum atomic E-state index is 10.8. The molecular weight excluding hydrogens is 308 g/mol. The van der Waals surface area contributed by atoms with Crippen molar-refractivity contribution in [2.24, 2.45) is 5.92 Å². The molecule has 2 N–H and O–H groups in total. The van der Waals surface area contributed by atoms with E-state index in [-0.39, 0.29) is 31.7 Å². The molecule has 22 heavy (non-hydrogen) atoms. The molecule has 122 valence electrons. The lowest BCUT2D eigenvalue weighted by molar-refractivity contribution is -0.139. The van der Waals surface area contributed by atoms with Gasteiger partial charge in [-0.15, -0.1) is 0 Å². The lowest BCUT2D eigenvalue weighted by Crippen LogP contribution is -2.29. The molecule has 1 unspecified atom stereocenters. The average Bonchev–Trinajstić information content (AvgIpc) is 2.89. The molecule has 0 spiro atoms. The Morgan fingerprint density at radius 2 is 2.18 bits per heavy atom. The van der Waals surface area contributed by atoms with Crippen LogP contribution < -0.4 is 4.74 Å². The molecule has 1 saturated carbocycles. The number of aliphatic hydroxyl groups is 1. The van der Waals surface area contributed by atoms with Gasteiger partial charge in [0.2, 0.25) is 0 Å². The number of carbonyl (C=O) groups is 1. The Morgan fingerprint density at radius 1 is 1.36 bits per heavy atom. The maximum absolute atomic E-state index is 10.8. The minimum Gasteiger partial charge on any atom is -0.491 e. The topological polar surface area (TPSA) is 76.0 Å². The monoisotopic (exact) mass is 328 g/mol. The van der Waals surface area contributed by atoms with Crippen molar-refractivity contribution in [3.05, 3.63) is 29.3 Å². The summed E-state index contributed by atoms with van der Waals surface area (Å²) in [5.74, 6) is -0.167. The molecule has 0 radical (unpaired) electrons. The number of halogens is 1. The van der Waals surface area contributed by atoms with Gasteiger partial charge in [0, 0.05) is 5.02 Å². The van der Waals surface area contributed by atoms with Crippen LogP contribution in [0.25, 0.3) is 0 Å². The second-order valence-corrected chi connectivity index (χ2v) is 6.02. The first-order valence-electron chi connectivity index (χ1n) is 7.44. The molecule has 1 aromatic carbocycles. The molecule has 1 aliphatic carbocycles. The Balaban J connectivity index is 1.71. The van der Waals surface area contributed by atoms with E-state index in [4.69, 9.17) is 26.2 Å². The van der Waals surface area contributed by atoms with Gasteiger partial charge in [-0.1, -0.05) is 24.1 Å². The smallest absolute Gasteiger partial charge is 0.303 e. The van der Waals surface area contributed by atoms with Crippen molar-refractivity contribution in [2.45, 2.75) is 37.9 Å². The highest BCUT2D eigenvalue weighted by molar-refractivity contribution is 6.30. The second-order valence-electron chi connectivity index (χ2n) is 5.58. The summed E-state index contributed by atoms with van der Waals surface area (Å²) in [6, 6.07) is 6.96. The zero-order valence-corrected chi connectivity index (χ0v) is 13.0. The van der Waals surface area contributed by atoms with E-state index < -0.39 is 12.1 Å². The molecule has 5 nitrogen and oxygen atoms in total. The van der Waals surface area contributed by atoms with Gasteiger partial charge in [0.1, 0.15) is 18.5 Å². The fourth-order valence-electron chi connectivity index (χ4n) is 2.71. The van der Waals surface area contributed by atoms with Crippen LogP contribution in [0.3, 0.4) is 0 Å². The Hall–Kier alpha value is -1.30. The number of rotatable bonds is 8. The van der Waals surface area contributed by atoms with E-state index >= 15 is 0 Å². The van der Waals surface area contributed by atoms with Crippen LogP contribution in [0.4, 0.5) is 0 Å². The third kappa shape index (κ3) is 5.48. The quantitative estimate of drug-likeness (QED) is 0.767. The number of aliphatic hydroxyl groups excluding tert-OH is 1. The van der Waals surface area contributed by atoms with E-state index in [0.29, 0.717) is 10.8 Å². The third-order valence-corrected chi connectivity index (χ3v) is 4.00. The summed E-state index contributed by atoms with van der Waals surface area (Å²) >= 11 is 5.85. The summed E-state index contributed by atoms with van der Waals surface area (Å²) in [6.45, 7) is 0.248. The van der Waals surface area contributed by atoms with Gasteiger partial charge in [0.05, 0.1) is 19.1 Å². The molecule has 0 bridgehead atoms. The highest BCUT2D eigenvalue weighted by atomic mass is 35.5. The number of carboxylic acid groups (broad SMARTS) is 1. The molecular formula is C16H21ClO5. The highest BCUT2D eigenvalue weighted by Crippen LogP contribution is 2.30. The Bertz CT molecular complexity index is 493. The van der Waals surface area contributed by atoms with Gasteiger partial charge in [-0.05, 0) is 37.0 Å². The highest BCUT2D eigenvalue weighted by Gasteiger charge is 2.30. The van der Waals surface area contributed by atoms with Crippen LogP contribution in [0.1, 0.15) is 25.7 Å². The van der Waals surface area contributed by atoms with Crippen molar-refractivity contribution in [1.82, 2.24) is 0 Å². The van der Waals surface area contributed by atoms with Crippen LogP contribution in [0.2, 0.25) is 5.02 Å². The standard InChI is InChI=1S/C16H21ClO5/c17-12-4-2-5-14(8-12)21-9-13(18)10-22-15-6-1-3-11(15)7-16(19)20/h2,4-5,8,11,13,15,18H,1,3,6-7,9-10H2,(H,19,20)/t11-,13?,15+/m1/s1. The van der Waals surface area contributed by atoms with Crippen LogP contribution >= 0.6 is 11.6 Å². The van der Waals surface area contributed by atoms with E-state index in [1.165, 1.54) is 0 Å². The van der Waals surface area contributed by atoms with E-state index in [0.717, 1.165) is 19.3 Å². The van der Waals surface area contributed by atoms with Gasteiger partial charge in [0.15, 0.2) is 0 Å². The molecule has 0 aliphatic heterocycles. The summed E-state index contributed by atoms with van der Waals surface area (Å²) in [5, 5.41) is 19.3. The molecule has 0 aromatic heterocycles. The fraction of sp³-hybridized carbons (Fsp3) is 0.562. The van der Waals surface area contributed by atoms with Crippen molar-refractivity contribution in [2.75, 3.05) is 13.2 Å². The summed E-state index contributed by atoms with van der Waals surface area (Å²) in [6.07, 6.45) is 1.96. The van der Waals surface area contributed by atoms with Crippen LogP contribution in [0.15, 0.2) is 24.3 Å². The molecule has 0 amide bonds. The molecule has 6 heteroatoms. The van der Waals surface area contributed by atoms with Crippen molar-refractivity contribution >= 4 is 17.6 Å². The predicted molar refractivity (Wildman–Crippen MR) is 82.3 cm³/mol. The molecule has 1 aromatic rings. The summed E-state index contributed by atoms with van der Waals surface area (Å²) < 4.78 is 11.1. The number of hydrogen-bond acceptors (Lipinski definition) is 4. The van der Waals surface area contributed by atoms with Gasteiger partial charge in [-0.2, -0.15) is 0 Å². The van der Waals surface area contributed by atoms with Crippen molar-refractivity contribution in [3.63, 3.8) is 0 Å². The molecule has 1 fully saturated rings. The number of benzene rings is 1. The van der Waals surface area contributed by atoms with E-state index in [9.17, 15) is 9.90 Å². The average molecular weight is 329 g/mol. The van der Waals surface area contributed by atoms with Crippen LogP contribution in [-0.2, 0) is 9.53 Å². The molecule has 1 aliphatic rings. The zero-order valence-electron chi connectivity index (χ0n) is 12.3. The van der Waals surface area contributed by atoms with E-state index in [1.807, 2.05) is 0 Å². The molecule has 0 heterocycles.